The summed E-state index contributed by atoms with van der Waals surface area (Å²) in [6, 6.07) is 5.55. The van der Waals surface area contributed by atoms with Gasteiger partial charge in [0.05, 0.1) is 6.61 Å². The first-order valence-corrected chi connectivity index (χ1v) is 8.17. The average Bonchev–Trinajstić information content (AvgIpc) is 2.45. The molecule has 1 amide bonds. The lowest BCUT2D eigenvalue weighted by molar-refractivity contribution is -0.121. The predicted molar refractivity (Wildman–Crippen MR) is 88.1 cm³/mol. The largest absolute Gasteiger partial charge is 0.493 e. The van der Waals surface area contributed by atoms with Gasteiger partial charge in [-0.3, -0.25) is 4.79 Å². The molecule has 0 heterocycles. The lowest BCUT2D eigenvalue weighted by Gasteiger charge is -2.09. The molecule has 0 bridgehead atoms. The molecule has 1 rings (SSSR count). The zero-order valence-corrected chi connectivity index (χ0v) is 13.8. The number of unbranched alkanes of at least 4 members (excludes halogenated alkanes) is 3. The third kappa shape index (κ3) is 7.96. The van der Waals surface area contributed by atoms with E-state index in [0.29, 0.717) is 18.1 Å². The minimum absolute atomic E-state index is 0.114. The lowest BCUT2D eigenvalue weighted by Crippen LogP contribution is -2.24. The minimum Gasteiger partial charge on any atom is -0.493 e. The maximum atomic E-state index is 11.6. The van der Waals surface area contributed by atoms with Crippen LogP contribution >= 0.6 is 11.6 Å². The molecule has 0 atom stereocenters. The molecule has 1 aromatic rings. The summed E-state index contributed by atoms with van der Waals surface area (Å²) < 4.78 is 5.66. The number of carbonyl (C=O) groups excluding carboxylic acids is 1. The van der Waals surface area contributed by atoms with Gasteiger partial charge in [0, 0.05) is 18.0 Å². The summed E-state index contributed by atoms with van der Waals surface area (Å²) >= 11 is 5.89. The summed E-state index contributed by atoms with van der Waals surface area (Å²) in [4.78, 5) is 11.6. The molecule has 0 spiro atoms. The third-order valence-electron chi connectivity index (χ3n) is 3.30. The molecule has 0 saturated heterocycles. The van der Waals surface area contributed by atoms with Gasteiger partial charge >= 0.3 is 0 Å². The van der Waals surface area contributed by atoms with E-state index in [4.69, 9.17) is 16.3 Å². The van der Waals surface area contributed by atoms with E-state index < -0.39 is 0 Å². The number of hydrogen-bond acceptors (Lipinski definition) is 2. The van der Waals surface area contributed by atoms with Crippen molar-refractivity contribution in [2.75, 3.05) is 13.2 Å². The van der Waals surface area contributed by atoms with Gasteiger partial charge in [-0.2, -0.15) is 0 Å². The van der Waals surface area contributed by atoms with Gasteiger partial charge in [0.25, 0.3) is 0 Å². The fourth-order valence-corrected chi connectivity index (χ4v) is 2.28. The average molecular weight is 312 g/mol. The fourth-order valence-electron chi connectivity index (χ4n) is 2.06. The first-order chi connectivity index (χ1) is 10.1. The van der Waals surface area contributed by atoms with Gasteiger partial charge in [0.15, 0.2) is 0 Å². The van der Waals surface area contributed by atoms with Crippen LogP contribution in [0.1, 0.15) is 51.0 Å². The molecule has 3 nitrogen and oxygen atoms in total. The van der Waals surface area contributed by atoms with Gasteiger partial charge in [-0.05, 0) is 43.5 Å². The third-order valence-corrected chi connectivity index (χ3v) is 3.53. The predicted octanol–water partition coefficient (Wildman–Crippen LogP) is 4.50. The molecule has 0 radical (unpaired) electrons. The zero-order valence-electron chi connectivity index (χ0n) is 13.1. The van der Waals surface area contributed by atoms with E-state index in [2.05, 4.69) is 12.2 Å². The quantitative estimate of drug-likeness (QED) is 0.646. The molecule has 0 saturated carbocycles. The summed E-state index contributed by atoms with van der Waals surface area (Å²) in [7, 11) is 0. The molecule has 21 heavy (non-hydrogen) atoms. The van der Waals surface area contributed by atoms with Crippen molar-refractivity contribution in [2.24, 2.45) is 0 Å². The second-order valence-electron chi connectivity index (χ2n) is 5.27. The standard InChI is InChI=1S/C17H26ClNO2/c1-3-4-5-6-11-19-17(20)8-7-12-21-16-10-9-15(18)13-14(16)2/h9-10,13H,3-8,11-12H2,1-2H3,(H,19,20). The van der Waals surface area contributed by atoms with E-state index in [-0.39, 0.29) is 5.91 Å². The van der Waals surface area contributed by atoms with E-state index in [0.717, 1.165) is 30.7 Å². The number of hydrogen-bond donors (Lipinski definition) is 1. The molecule has 4 heteroatoms. The Kier molecular flexibility index (Phi) is 8.91. The molecule has 1 aromatic carbocycles. The smallest absolute Gasteiger partial charge is 0.220 e. The Bertz CT molecular complexity index is 435. The summed E-state index contributed by atoms with van der Waals surface area (Å²) in [5, 5.41) is 3.66. The number of rotatable bonds is 10. The van der Waals surface area contributed by atoms with E-state index >= 15 is 0 Å². The van der Waals surface area contributed by atoms with E-state index in [1.807, 2.05) is 25.1 Å². The molecule has 118 valence electrons. The Hall–Kier alpha value is -1.22. The number of amides is 1. The molecular formula is C17H26ClNO2. The Morgan fingerprint density at radius 1 is 1.24 bits per heavy atom. The molecular weight excluding hydrogens is 286 g/mol. The number of nitrogens with one attached hydrogen (secondary N) is 1. The van der Waals surface area contributed by atoms with E-state index in [1.165, 1.54) is 19.3 Å². The summed E-state index contributed by atoms with van der Waals surface area (Å²) in [6.45, 7) is 5.48. The summed E-state index contributed by atoms with van der Waals surface area (Å²) in [5.74, 6) is 0.947. The number of carbonyl (C=O) groups is 1. The topological polar surface area (TPSA) is 38.3 Å². The SMILES string of the molecule is CCCCCCNC(=O)CCCOc1ccc(Cl)cc1C. The van der Waals surface area contributed by atoms with Crippen LogP contribution in [-0.2, 0) is 4.79 Å². The molecule has 1 N–H and O–H groups in total. The van der Waals surface area contributed by atoms with Gasteiger partial charge in [-0.15, -0.1) is 0 Å². The molecule has 0 aliphatic heterocycles. The fraction of sp³-hybridized carbons (Fsp3) is 0.588. The highest BCUT2D eigenvalue weighted by molar-refractivity contribution is 6.30. The number of halogens is 1. The van der Waals surface area contributed by atoms with Crippen molar-refractivity contribution < 1.29 is 9.53 Å². The second-order valence-corrected chi connectivity index (χ2v) is 5.71. The Morgan fingerprint density at radius 2 is 2.05 bits per heavy atom. The lowest BCUT2D eigenvalue weighted by atomic mass is 10.2. The number of aryl methyl sites for hydroxylation is 1. The maximum absolute atomic E-state index is 11.6. The zero-order chi connectivity index (χ0) is 15.5. The van der Waals surface area contributed by atoms with Crippen LogP contribution < -0.4 is 10.1 Å². The monoisotopic (exact) mass is 311 g/mol. The second kappa shape index (κ2) is 10.5. The number of benzene rings is 1. The van der Waals surface area contributed by atoms with Crippen molar-refractivity contribution in [3.8, 4) is 5.75 Å². The minimum atomic E-state index is 0.114. The molecule has 0 unspecified atom stereocenters. The Labute approximate surface area is 133 Å². The van der Waals surface area contributed by atoms with Gasteiger partial charge in [-0.25, -0.2) is 0 Å². The van der Waals surface area contributed by atoms with Gasteiger partial charge in [0.2, 0.25) is 5.91 Å². The Morgan fingerprint density at radius 3 is 2.76 bits per heavy atom. The first kappa shape index (κ1) is 17.8. The van der Waals surface area contributed by atoms with Crippen molar-refractivity contribution in [1.29, 1.82) is 0 Å². The summed E-state index contributed by atoms with van der Waals surface area (Å²) in [6.07, 6.45) is 5.96. The highest BCUT2D eigenvalue weighted by Gasteiger charge is 2.03. The van der Waals surface area contributed by atoms with Crippen LogP contribution in [0, 0.1) is 6.92 Å². The van der Waals surface area contributed by atoms with Crippen molar-refractivity contribution in [1.82, 2.24) is 5.32 Å². The molecule has 0 aliphatic rings. The van der Waals surface area contributed by atoms with Gasteiger partial charge in [-0.1, -0.05) is 37.8 Å². The van der Waals surface area contributed by atoms with Gasteiger partial charge < -0.3 is 10.1 Å². The normalized spacial score (nSPS) is 10.4. The Balaban J connectivity index is 2.09. The van der Waals surface area contributed by atoms with Crippen molar-refractivity contribution in [3.63, 3.8) is 0 Å². The number of ether oxygens (including phenoxy) is 1. The van der Waals surface area contributed by atoms with Crippen molar-refractivity contribution in [2.45, 2.75) is 52.4 Å². The van der Waals surface area contributed by atoms with E-state index in [9.17, 15) is 4.79 Å². The van der Waals surface area contributed by atoms with Crippen LogP contribution in [-0.4, -0.2) is 19.1 Å². The van der Waals surface area contributed by atoms with Crippen LogP contribution in [0.15, 0.2) is 18.2 Å². The van der Waals surface area contributed by atoms with Crippen molar-refractivity contribution in [3.05, 3.63) is 28.8 Å². The molecule has 0 aliphatic carbocycles. The van der Waals surface area contributed by atoms with Crippen LogP contribution in [0.2, 0.25) is 5.02 Å². The highest BCUT2D eigenvalue weighted by Crippen LogP contribution is 2.21. The van der Waals surface area contributed by atoms with Crippen LogP contribution in [0.25, 0.3) is 0 Å². The van der Waals surface area contributed by atoms with Crippen LogP contribution in [0.4, 0.5) is 0 Å². The molecule has 0 aromatic heterocycles. The molecule has 0 fully saturated rings. The van der Waals surface area contributed by atoms with Crippen molar-refractivity contribution >= 4 is 17.5 Å². The van der Waals surface area contributed by atoms with E-state index in [1.54, 1.807) is 0 Å². The van der Waals surface area contributed by atoms with Crippen LogP contribution in [0.3, 0.4) is 0 Å². The first-order valence-electron chi connectivity index (χ1n) is 7.79. The highest BCUT2D eigenvalue weighted by atomic mass is 35.5. The van der Waals surface area contributed by atoms with Gasteiger partial charge in [0.1, 0.15) is 5.75 Å². The summed E-state index contributed by atoms with van der Waals surface area (Å²) in [5.41, 5.74) is 1.02. The van der Waals surface area contributed by atoms with Crippen LogP contribution in [0.5, 0.6) is 5.75 Å². The maximum Gasteiger partial charge on any atom is 0.220 e.